The molecule has 0 spiro atoms. The first kappa shape index (κ1) is 22.2. The summed E-state index contributed by atoms with van der Waals surface area (Å²) in [5.74, 6) is 0.900. The molecule has 0 radical (unpaired) electrons. The summed E-state index contributed by atoms with van der Waals surface area (Å²) >= 11 is 0. The van der Waals surface area contributed by atoms with Crippen molar-refractivity contribution in [1.82, 2.24) is 15.5 Å². The number of nitrogens with zero attached hydrogens (tertiary/aromatic N) is 2. The lowest BCUT2D eigenvalue weighted by molar-refractivity contribution is 0.0982. The molecule has 25 heavy (non-hydrogen) atoms. The molecule has 0 aromatic carbocycles. The van der Waals surface area contributed by atoms with E-state index in [0.717, 1.165) is 44.9 Å². The predicted molar refractivity (Wildman–Crippen MR) is 108 cm³/mol. The number of hydrogen-bond acceptors (Lipinski definition) is 3. The minimum absolute atomic E-state index is 0.111. The van der Waals surface area contributed by atoms with Crippen molar-refractivity contribution in [2.45, 2.75) is 78.7 Å². The van der Waals surface area contributed by atoms with E-state index >= 15 is 0 Å². The maximum absolute atomic E-state index is 9.40. The van der Waals surface area contributed by atoms with E-state index in [1.807, 2.05) is 0 Å². The molecule has 0 aromatic heterocycles. The van der Waals surface area contributed by atoms with Gasteiger partial charge in [-0.15, -0.1) is 0 Å². The molecular formula is C20H42N4O. The van der Waals surface area contributed by atoms with Crippen LogP contribution in [-0.4, -0.2) is 60.8 Å². The lowest BCUT2D eigenvalue weighted by atomic mass is 9.79. The minimum Gasteiger partial charge on any atom is -0.396 e. The van der Waals surface area contributed by atoms with Gasteiger partial charge >= 0.3 is 0 Å². The Balaban J connectivity index is 2.68. The van der Waals surface area contributed by atoms with Gasteiger partial charge in [-0.3, -0.25) is 9.89 Å². The Hall–Kier alpha value is -0.810. The van der Waals surface area contributed by atoms with Crippen molar-refractivity contribution in [3.05, 3.63) is 0 Å². The van der Waals surface area contributed by atoms with Crippen molar-refractivity contribution >= 4 is 5.96 Å². The third-order valence-electron chi connectivity index (χ3n) is 5.96. The zero-order valence-corrected chi connectivity index (χ0v) is 17.3. The number of likely N-dealkylation sites (tertiary alicyclic amines) is 1. The third kappa shape index (κ3) is 7.14. The molecule has 0 amide bonds. The fourth-order valence-electron chi connectivity index (χ4n) is 3.64. The maximum atomic E-state index is 9.40. The molecular weight excluding hydrogens is 312 g/mol. The van der Waals surface area contributed by atoms with Gasteiger partial charge in [0.2, 0.25) is 0 Å². The van der Waals surface area contributed by atoms with Crippen molar-refractivity contribution in [2.24, 2.45) is 10.4 Å². The fraction of sp³-hybridized carbons (Fsp3) is 0.950. The maximum Gasteiger partial charge on any atom is 0.191 e. The zero-order valence-electron chi connectivity index (χ0n) is 17.3. The highest BCUT2D eigenvalue weighted by Gasteiger charge is 2.28. The Labute approximate surface area is 155 Å². The summed E-state index contributed by atoms with van der Waals surface area (Å²) in [4.78, 5) is 7.46. The number of nitrogens with one attached hydrogen (secondary N) is 2. The first-order chi connectivity index (χ1) is 11.9. The second-order valence-electron chi connectivity index (χ2n) is 8.09. The Morgan fingerprint density at radius 2 is 1.68 bits per heavy atom. The standard InChI is InChI=1S/C20H42N4O/c1-6-20(7-2,12-15-25)17-23-18(21-8-3)22-16-19(4,5)24-13-10-9-11-14-24/h25H,6-17H2,1-5H3,(H2,21,22,23). The van der Waals surface area contributed by atoms with Crippen molar-refractivity contribution < 1.29 is 5.11 Å². The van der Waals surface area contributed by atoms with Crippen LogP contribution in [0.4, 0.5) is 0 Å². The molecule has 1 fully saturated rings. The zero-order chi connectivity index (χ0) is 18.8. The Morgan fingerprint density at radius 3 is 2.20 bits per heavy atom. The molecule has 3 N–H and O–H groups in total. The van der Waals surface area contributed by atoms with Crippen molar-refractivity contribution in [3.8, 4) is 0 Å². The summed E-state index contributed by atoms with van der Waals surface area (Å²) < 4.78 is 0. The SMILES string of the molecule is CCNC(=NCC(CC)(CC)CCO)NCC(C)(C)N1CCCCC1. The monoisotopic (exact) mass is 354 g/mol. The third-order valence-corrected chi connectivity index (χ3v) is 5.96. The summed E-state index contributed by atoms with van der Waals surface area (Å²) in [6, 6.07) is 0. The predicted octanol–water partition coefficient (Wildman–Crippen LogP) is 2.99. The van der Waals surface area contributed by atoms with Crippen LogP contribution in [0, 0.1) is 5.41 Å². The number of aliphatic hydroxyl groups excluding tert-OH is 1. The van der Waals surface area contributed by atoms with Crippen molar-refractivity contribution in [3.63, 3.8) is 0 Å². The number of rotatable bonds is 10. The van der Waals surface area contributed by atoms with E-state index in [2.05, 4.69) is 50.2 Å². The molecule has 1 aliphatic heterocycles. The van der Waals surface area contributed by atoms with Crippen molar-refractivity contribution in [2.75, 3.05) is 39.3 Å². The molecule has 5 heteroatoms. The van der Waals surface area contributed by atoms with E-state index in [-0.39, 0.29) is 17.6 Å². The van der Waals surface area contributed by atoms with E-state index in [4.69, 9.17) is 4.99 Å². The van der Waals surface area contributed by atoms with E-state index in [9.17, 15) is 5.11 Å². The normalized spacial score (nSPS) is 17.6. The molecule has 0 aliphatic carbocycles. The van der Waals surface area contributed by atoms with Gasteiger partial charge in [-0.1, -0.05) is 20.3 Å². The molecule has 1 rings (SSSR count). The number of hydrogen-bond donors (Lipinski definition) is 3. The molecule has 1 heterocycles. The van der Waals surface area contributed by atoms with Gasteiger partial charge in [0, 0.05) is 31.8 Å². The van der Waals surface area contributed by atoms with Gasteiger partial charge in [0.25, 0.3) is 0 Å². The molecule has 0 aromatic rings. The van der Waals surface area contributed by atoms with E-state index in [1.54, 1.807) is 0 Å². The minimum atomic E-state index is 0.111. The average molecular weight is 355 g/mol. The highest BCUT2D eigenvalue weighted by molar-refractivity contribution is 5.79. The van der Waals surface area contributed by atoms with Gasteiger partial charge in [-0.25, -0.2) is 0 Å². The van der Waals surface area contributed by atoms with Crippen molar-refractivity contribution in [1.29, 1.82) is 0 Å². The molecule has 0 unspecified atom stereocenters. The van der Waals surface area contributed by atoms with E-state index < -0.39 is 0 Å². The van der Waals surface area contributed by atoms with Gasteiger partial charge in [-0.05, 0) is 71.4 Å². The number of piperidine rings is 1. The molecule has 0 atom stereocenters. The van der Waals surface area contributed by atoms with Gasteiger partial charge in [0.1, 0.15) is 0 Å². The lowest BCUT2D eigenvalue weighted by Crippen LogP contribution is -2.55. The second-order valence-corrected chi connectivity index (χ2v) is 8.09. The smallest absolute Gasteiger partial charge is 0.191 e. The lowest BCUT2D eigenvalue weighted by Gasteiger charge is -2.41. The van der Waals surface area contributed by atoms with Crippen LogP contribution < -0.4 is 10.6 Å². The Bertz CT molecular complexity index is 385. The molecule has 1 aliphatic rings. The van der Waals surface area contributed by atoms with E-state index in [0.29, 0.717) is 0 Å². The second kappa shape index (κ2) is 11.0. The van der Waals surface area contributed by atoms with Crippen LogP contribution in [0.15, 0.2) is 4.99 Å². The Kier molecular flexibility index (Phi) is 9.80. The van der Waals surface area contributed by atoms with Crippen LogP contribution in [-0.2, 0) is 0 Å². The van der Waals surface area contributed by atoms with Crippen LogP contribution in [0.25, 0.3) is 0 Å². The topological polar surface area (TPSA) is 59.9 Å². The summed E-state index contributed by atoms with van der Waals surface area (Å²) in [5.41, 5.74) is 0.244. The largest absolute Gasteiger partial charge is 0.396 e. The van der Waals surface area contributed by atoms with Gasteiger partial charge in [0.15, 0.2) is 5.96 Å². The van der Waals surface area contributed by atoms with Gasteiger partial charge < -0.3 is 15.7 Å². The van der Waals surface area contributed by atoms with Crippen LogP contribution in [0.3, 0.4) is 0 Å². The molecule has 0 saturated carbocycles. The molecule has 148 valence electrons. The first-order valence-corrected chi connectivity index (χ1v) is 10.3. The summed E-state index contributed by atoms with van der Waals surface area (Å²) in [5, 5.41) is 16.3. The quantitative estimate of drug-likeness (QED) is 0.417. The number of aliphatic hydroxyl groups is 1. The highest BCUT2D eigenvalue weighted by atomic mass is 16.3. The summed E-state index contributed by atoms with van der Waals surface area (Å²) in [6.45, 7) is 16.3. The Morgan fingerprint density at radius 1 is 1.04 bits per heavy atom. The number of guanidine groups is 1. The first-order valence-electron chi connectivity index (χ1n) is 10.3. The average Bonchev–Trinajstić information content (AvgIpc) is 2.63. The summed E-state index contributed by atoms with van der Waals surface area (Å²) in [6.07, 6.45) is 6.91. The summed E-state index contributed by atoms with van der Waals surface area (Å²) in [7, 11) is 0. The fourth-order valence-corrected chi connectivity index (χ4v) is 3.64. The van der Waals surface area contributed by atoms with Crippen LogP contribution >= 0.6 is 0 Å². The van der Waals surface area contributed by atoms with Crippen LogP contribution in [0.2, 0.25) is 0 Å². The van der Waals surface area contributed by atoms with Crippen LogP contribution in [0.5, 0.6) is 0 Å². The molecule has 0 bridgehead atoms. The van der Waals surface area contributed by atoms with Gasteiger partial charge in [0.05, 0.1) is 0 Å². The number of aliphatic imine (C=N–C) groups is 1. The van der Waals surface area contributed by atoms with Gasteiger partial charge in [-0.2, -0.15) is 0 Å². The highest BCUT2D eigenvalue weighted by Crippen LogP contribution is 2.30. The van der Waals surface area contributed by atoms with Crippen LogP contribution in [0.1, 0.15) is 73.1 Å². The van der Waals surface area contributed by atoms with E-state index in [1.165, 1.54) is 32.4 Å². The molecule has 5 nitrogen and oxygen atoms in total. The molecule has 1 saturated heterocycles.